The molecule has 0 unspecified atom stereocenters. The highest BCUT2D eigenvalue weighted by molar-refractivity contribution is 6.30. The molecule has 0 radical (unpaired) electrons. The number of amides is 1. The van der Waals surface area contributed by atoms with Crippen molar-refractivity contribution in [2.75, 3.05) is 6.54 Å². The highest BCUT2D eigenvalue weighted by Crippen LogP contribution is 2.22. The topological polar surface area (TPSA) is 29.1 Å². The summed E-state index contributed by atoms with van der Waals surface area (Å²) in [5.74, 6) is 0.782. The Labute approximate surface area is 114 Å². The van der Waals surface area contributed by atoms with Gasteiger partial charge in [0, 0.05) is 11.6 Å². The van der Waals surface area contributed by atoms with E-state index in [0.29, 0.717) is 17.4 Å². The van der Waals surface area contributed by atoms with Gasteiger partial charge in [-0.05, 0) is 36.5 Å². The number of hydrogen-bond acceptors (Lipinski definition) is 1. The van der Waals surface area contributed by atoms with Gasteiger partial charge < -0.3 is 5.32 Å². The van der Waals surface area contributed by atoms with Gasteiger partial charge >= 0.3 is 0 Å². The molecule has 18 heavy (non-hydrogen) atoms. The van der Waals surface area contributed by atoms with Crippen LogP contribution in [0.1, 0.15) is 37.7 Å². The van der Waals surface area contributed by atoms with Crippen molar-refractivity contribution in [3.63, 3.8) is 0 Å². The molecule has 2 rings (SSSR count). The Bertz CT molecular complexity index is 399. The van der Waals surface area contributed by atoms with Crippen LogP contribution in [-0.4, -0.2) is 12.5 Å². The van der Waals surface area contributed by atoms with E-state index in [0.717, 1.165) is 12.1 Å². The molecule has 0 atom stereocenters. The Morgan fingerprint density at radius 3 is 2.78 bits per heavy atom. The highest BCUT2D eigenvalue weighted by Gasteiger charge is 2.14. The summed E-state index contributed by atoms with van der Waals surface area (Å²) in [4.78, 5) is 11.8. The van der Waals surface area contributed by atoms with Gasteiger partial charge in [0.2, 0.25) is 5.91 Å². The lowest BCUT2D eigenvalue weighted by Crippen LogP contribution is -2.31. The summed E-state index contributed by atoms with van der Waals surface area (Å²) in [6, 6.07) is 7.49. The molecule has 0 bridgehead atoms. The zero-order valence-corrected chi connectivity index (χ0v) is 11.4. The van der Waals surface area contributed by atoms with E-state index in [1.165, 1.54) is 32.1 Å². The maximum atomic E-state index is 11.8. The summed E-state index contributed by atoms with van der Waals surface area (Å²) < 4.78 is 0. The first-order valence-corrected chi connectivity index (χ1v) is 7.13. The van der Waals surface area contributed by atoms with E-state index in [1.807, 2.05) is 24.3 Å². The van der Waals surface area contributed by atoms with E-state index in [-0.39, 0.29) is 5.91 Å². The molecular formula is C15H20ClNO. The minimum absolute atomic E-state index is 0.0999. The van der Waals surface area contributed by atoms with E-state index in [4.69, 9.17) is 11.6 Å². The molecule has 2 nitrogen and oxygen atoms in total. The van der Waals surface area contributed by atoms with Gasteiger partial charge in [-0.2, -0.15) is 0 Å². The maximum Gasteiger partial charge on any atom is 0.224 e. The minimum Gasteiger partial charge on any atom is -0.356 e. The molecule has 3 heteroatoms. The van der Waals surface area contributed by atoms with Gasteiger partial charge in [0.25, 0.3) is 0 Å². The van der Waals surface area contributed by atoms with Crippen molar-refractivity contribution < 1.29 is 4.79 Å². The zero-order valence-electron chi connectivity index (χ0n) is 10.6. The molecule has 0 saturated heterocycles. The van der Waals surface area contributed by atoms with Crippen molar-refractivity contribution >= 4 is 17.5 Å². The molecule has 1 saturated carbocycles. The number of rotatable bonds is 4. The van der Waals surface area contributed by atoms with Crippen molar-refractivity contribution in [2.45, 2.75) is 38.5 Å². The molecule has 0 heterocycles. The first kappa shape index (κ1) is 13.4. The predicted molar refractivity (Wildman–Crippen MR) is 74.7 cm³/mol. The monoisotopic (exact) mass is 265 g/mol. The van der Waals surface area contributed by atoms with Crippen molar-refractivity contribution in [3.8, 4) is 0 Å². The smallest absolute Gasteiger partial charge is 0.224 e. The van der Waals surface area contributed by atoms with Crippen LogP contribution in [0.3, 0.4) is 0 Å². The van der Waals surface area contributed by atoms with Crippen LogP contribution in [0.5, 0.6) is 0 Å². The predicted octanol–water partition coefficient (Wildman–Crippen LogP) is 3.58. The van der Waals surface area contributed by atoms with E-state index < -0.39 is 0 Å². The van der Waals surface area contributed by atoms with Gasteiger partial charge in [0.1, 0.15) is 0 Å². The first-order valence-electron chi connectivity index (χ1n) is 6.75. The third kappa shape index (κ3) is 4.34. The Morgan fingerprint density at radius 2 is 2.06 bits per heavy atom. The first-order chi connectivity index (χ1) is 8.74. The molecule has 1 aromatic rings. The van der Waals surface area contributed by atoms with Gasteiger partial charge in [-0.25, -0.2) is 0 Å². The average molecular weight is 266 g/mol. The van der Waals surface area contributed by atoms with Crippen LogP contribution in [0, 0.1) is 5.92 Å². The second kappa shape index (κ2) is 6.79. The van der Waals surface area contributed by atoms with Crippen LogP contribution in [-0.2, 0) is 11.2 Å². The molecule has 0 spiro atoms. The number of hydrogen-bond donors (Lipinski definition) is 1. The summed E-state index contributed by atoms with van der Waals surface area (Å²) in [7, 11) is 0. The molecule has 1 N–H and O–H groups in total. The lowest BCUT2D eigenvalue weighted by atomic mass is 9.89. The van der Waals surface area contributed by atoms with E-state index >= 15 is 0 Å². The number of nitrogens with one attached hydrogen (secondary N) is 1. The number of benzene rings is 1. The van der Waals surface area contributed by atoms with Crippen molar-refractivity contribution in [3.05, 3.63) is 34.9 Å². The lowest BCUT2D eigenvalue weighted by molar-refractivity contribution is -0.120. The largest absolute Gasteiger partial charge is 0.356 e. The van der Waals surface area contributed by atoms with E-state index in [1.54, 1.807) is 0 Å². The third-order valence-electron chi connectivity index (χ3n) is 3.57. The second-order valence-electron chi connectivity index (χ2n) is 5.11. The fraction of sp³-hybridized carbons (Fsp3) is 0.533. The van der Waals surface area contributed by atoms with E-state index in [2.05, 4.69) is 5.32 Å². The Morgan fingerprint density at radius 1 is 1.28 bits per heavy atom. The SMILES string of the molecule is O=C(Cc1cccc(Cl)c1)NCC1CCCCC1. The molecule has 0 aromatic heterocycles. The maximum absolute atomic E-state index is 11.8. The van der Waals surface area contributed by atoms with Crippen LogP contribution in [0.25, 0.3) is 0 Å². The summed E-state index contributed by atoms with van der Waals surface area (Å²) in [6.45, 7) is 0.833. The van der Waals surface area contributed by atoms with Gasteiger partial charge in [-0.15, -0.1) is 0 Å². The fourth-order valence-electron chi connectivity index (χ4n) is 2.54. The van der Waals surface area contributed by atoms with Crippen LogP contribution >= 0.6 is 11.6 Å². The third-order valence-corrected chi connectivity index (χ3v) is 3.80. The number of carbonyl (C=O) groups is 1. The summed E-state index contributed by atoms with van der Waals surface area (Å²) in [5, 5.41) is 3.73. The molecule has 1 aliphatic rings. The van der Waals surface area contributed by atoms with Crippen molar-refractivity contribution in [2.24, 2.45) is 5.92 Å². The van der Waals surface area contributed by atoms with Gasteiger partial charge in [-0.3, -0.25) is 4.79 Å². The molecule has 0 aliphatic heterocycles. The van der Waals surface area contributed by atoms with Gasteiger partial charge in [-0.1, -0.05) is 43.0 Å². The van der Waals surface area contributed by atoms with Crippen LogP contribution < -0.4 is 5.32 Å². The Hall–Kier alpha value is -1.02. The van der Waals surface area contributed by atoms with E-state index in [9.17, 15) is 4.79 Å². The highest BCUT2D eigenvalue weighted by atomic mass is 35.5. The number of halogens is 1. The molecular weight excluding hydrogens is 246 g/mol. The number of carbonyl (C=O) groups excluding carboxylic acids is 1. The molecule has 1 aromatic carbocycles. The van der Waals surface area contributed by atoms with Crippen LogP contribution in [0.4, 0.5) is 0 Å². The zero-order chi connectivity index (χ0) is 12.8. The minimum atomic E-state index is 0.0999. The van der Waals surface area contributed by atoms with Crippen LogP contribution in [0.15, 0.2) is 24.3 Å². The lowest BCUT2D eigenvalue weighted by Gasteiger charge is -2.21. The summed E-state index contributed by atoms with van der Waals surface area (Å²) in [5.41, 5.74) is 0.976. The van der Waals surface area contributed by atoms with Crippen LogP contribution in [0.2, 0.25) is 5.02 Å². The molecule has 1 amide bonds. The second-order valence-corrected chi connectivity index (χ2v) is 5.55. The summed E-state index contributed by atoms with van der Waals surface area (Å²) >= 11 is 5.90. The standard InChI is InChI=1S/C15H20ClNO/c16-14-8-4-7-13(9-14)10-15(18)17-11-12-5-2-1-3-6-12/h4,7-9,12H,1-3,5-6,10-11H2,(H,17,18). The quantitative estimate of drug-likeness (QED) is 0.886. The van der Waals surface area contributed by atoms with Gasteiger partial charge in [0.05, 0.1) is 6.42 Å². The molecule has 98 valence electrons. The molecule has 1 fully saturated rings. The van der Waals surface area contributed by atoms with Crippen molar-refractivity contribution in [1.82, 2.24) is 5.32 Å². The Balaban J connectivity index is 1.74. The normalized spacial score (nSPS) is 16.5. The average Bonchev–Trinajstić information content (AvgIpc) is 2.38. The summed E-state index contributed by atoms with van der Waals surface area (Å²) in [6.07, 6.45) is 6.93. The fourth-order valence-corrected chi connectivity index (χ4v) is 2.76. The van der Waals surface area contributed by atoms with Crippen molar-refractivity contribution in [1.29, 1.82) is 0 Å². The Kier molecular flexibility index (Phi) is 5.06. The molecule has 1 aliphatic carbocycles. The van der Waals surface area contributed by atoms with Gasteiger partial charge in [0.15, 0.2) is 0 Å².